The molecule has 0 spiro atoms. The van der Waals surface area contributed by atoms with Crippen molar-refractivity contribution in [3.63, 3.8) is 0 Å². The Morgan fingerprint density at radius 3 is 2.05 bits per heavy atom. The molecule has 300 valence electrons. The first-order valence-electron chi connectivity index (χ1n) is 18.5. The summed E-state index contributed by atoms with van der Waals surface area (Å²) < 4.78 is 80.7. The molecule has 0 amide bonds. The molecule has 10 nitrogen and oxygen atoms in total. The summed E-state index contributed by atoms with van der Waals surface area (Å²) in [7, 11) is -5.69. The molecule has 0 saturated carbocycles. The lowest BCUT2D eigenvalue weighted by Crippen LogP contribution is -2.42. The van der Waals surface area contributed by atoms with Crippen molar-refractivity contribution in [1.82, 2.24) is 0 Å². The van der Waals surface area contributed by atoms with Gasteiger partial charge in [0.05, 0.1) is 18.2 Å². The third kappa shape index (κ3) is 10.8. The van der Waals surface area contributed by atoms with Crippen molar-refractivity contribution in [2.75, 3.05) is 30.6 Å². The summed E-state index contributed by atoms with van der Waals surface area (Å²) >= 11 is 0. The van der Waals surface area contributed by atoms with Gasteiger partial charge >= 0.3 is 5.97 Å². The molecule has 5 rings (SSSR count). The highest BCUT2D eigenvalue weighted by atomic mass is 32.2. The first-order valence-corrected chi connectivity index (χ1v) is 21.7. The maximum absolute atomic E-state index is 13.3. The van der Waals surface area contributed by atoms with Crippen LogP contribution < -0.4 is 20.1 Å². The summed E-state index contributed by atoms with van der Waals surface area (Å²) in [5.41, 5.74) is 4.12. The molecule has 0 bridgehead atoms. The second kappa shape index (κ2) is 17.3. The zero-order valence-corrected chi connectivity index (χ0v) is 35.9. The van der Waals surface area contributed by atoms with Crippen molar-refractivity contribution >= 4 is 55.2 Å². The monoisotopic (exact) mass is 795 g/mol. The number of allylic oxidation sites excluding steroid dienone is 1. The van der Waals surface area contributed by atoms with Gasteiger partial charge in [-0.1, -0.05) is 92.7 Å². The lowest BCUT2D eigenvalue weighted by molar-refractivity contribution is 0.0600. The molecular weight excluding hydrogens is 739 g/mol. The quantitative estimate of drug-likeness (QED) is 0.133. The summed E-state index contributed by atoms with van der Waals surface area (Å²) in [6.07, 6.45) is 5.47. The number of aryl methyl sites for hydroxylation is 1. The van der Waals surface area contributed by atoms with Crippen LogP contribution in [0.25, 0.3) is 23.3 Å². The summed E-state index contributed by atoms with van der Waals surface area (Å²) in [6.45, 7) is 24.0. The molecule has 0 unspecified atom stereocenters. The number of likely N-dealkylation sites (N-methyl/N-ethyl adjacent to an activating group) is 1. The minimum absolute atomic E-state index is 0.270. The van der Waals surface area contributed by atoms with Crippen molar-refractivity contribution < 1.29 is 40.2 Å². The number of fused-ring (bicyclic) bond motifs is 3. The summed E-state index contributed by atoms with van der Waals surface area (Å²) in [6, 6.07) is 12.5. The molecule has 0 atom stereocenters. The first kappa shape index (κ1) is 45.2. The Bertz CT molecular complexity index is 2350. The van der Waals surface area contributed by atoms with Gasteiger partial charge in [-0.05, 0) is 83.0 Å². The van der Waals surface area contributed by atoms with Gasteiger partial charge in [0.25, 0.3) is 20.2 Å². The molecular formula is C43H57NO9S2. The van der Waals surface area contributed by atoms with Crippen LogP contribution in [0.5, 0.6) is 11.5 Å². The molecule has 0 saturated heterocycles. The first-order chi connectivity index (χ1) is 25.4. The lowest BCUT2D eigenvalue weighted by atomic mass is 9.83. The van der Waals surface area contributed by atoms with Gasteiger partial charge in [0, 0.05) is 40.7 Å². The Morgan fingerprint density at radius 1 is 0.909 bits per heavy atom. The zero-order valence-electron chi connectivity index (χ0n) is 34.2. The number of carbonyl (C=O) groups excluding carboxylic acids is 1. The highest BCUT2D eigenvalue weighted by Crippen LogP contribution is 2.46. The number of hydrogen-bond acceptors (Lipinski definition) is 8. The number of nitrogens with zero attached hydrogens (tertiary/aromatic N) is 1. The average molecular weight is 796 g/mol. The smallest absolute Gasteiger partial charge is 0.338 e. The Balaban J connectivity index is 0.00000155. The molecule has 2 N–H and O–H groups in total. The molecule has 2 heterocycles. The minimum atomic E-state index is -4.45. The number of anilines is 1. The number of hydrogen-bond donors (Lipinski definition) is 2. The lowest BCUT2D eigenvalue weighted by Gasteiger charge is -2.41. The Hall–Kier alpha value is -4.23. The van der Waals surface area contributed by atoms with E-state index in [1.807, 2.05) is 85.5 Å². The van der Waals surface area contributed by atoms with E-state index in [-0.39, 0.29) is 5.56 Å². The fourth-order valence-corrected chi connectivity index (χ4v) is 7.85. The predicted octanol–water partition coefficient (Wildman–Crippen LogP) is 8.06. The van der Waals surface area contributed by atoms with E-state index in [0.717, 1.165) is 5.56 Å². The second-order valence-electron chi connectivity index (χ2n) is 15.2. The van der Waals surface area contributed by atoms with E-state index in [9.17, 15) is 30.7 Å². The molecule has 0 radical (unpaired) electrons. The van der Waals surface area contributed by atoms with Gasteiger partial charge in [-0.3, -0.25) is 9.11 Å². The molecule has 3 aromatic rings. The third-order valence-electron chi connectivity index (χ3n) is 8.96. The molecule has 3 aromatic carbocycles. The third-order valence-corrected chi connectivity index (χ3v) is 10.3. The maximum atomic E-state index is 13.3. The Morgan fingerprint density at radius 2 is 1.53 bits per heavy atom. The number of esters is 1. The molecule has 2 aliphatic heterocycles. The van der Waals surface area contributed by atoms with Gasteiger partial charge in [-0.15, -0.1) is 0 Å². The van der Waals surface area contributed by atoms with E-state index in [0.29, 0.717) is 73.0 Å². The number of benzene rings is 3. The van der Waals surface area contributed by atoms with E-state index in [1.165, 1.54) is 13.5 Å². The fraction of sp³-hybridized carbons (Fsp3) is 0.419. The Labute approximate surface area is 327 Å². The van der Waals surface area contributed by atoms with Crippen molar-refractivity contribution in [1.29, 1.82) is 0 Å². The van der Waals surface area contributed by atoms with Crippen molar-refractivity contribution in [3.8, 4) is 11.5 Å². The van der Waals surface area contributed by atoms with Crippen LogP contribution in [0.4, 0.5) is 5.69 Å². The van der Waals surface area contributed by atoms with Crippen molar-refractivity contribution in [3.05, 3.63) is 98.4 Å². The largest absolute Gasteiger partial charge is 0.465 e. The van der Waals surface area contributed by atoms with E-state index in [2.05, 4.69) is 20.4 Å². The number of ether oxygens (including phenoxy) is 2. The summed E-state index contributed by atoms with van der Waals surface area (Å²) in [5.74, 6) is -1.03. The van der Waals surface area contributed by atoms with E-state index >= 15 is 0 Å². The number of methoxy groups -OCH3 is 1. The second-order valence-corrected chi connectivity index (χ2v) is 18.1. The normalized spacial score (nSPS) is 14.8. The molecule has 0 aliphatic carbocycles. The number of rotatable bonds is 8. The van der Waals surface area contributed by atoms with Crippen LogP contribution in [-0.4, -0.2) is 63.1 Å². The van der Waals surface area contributed by atoms with Crippen molar-refractivity contribution in [2.45, 2.75) is 87.6 Å². The SMILES string of the molecule is C=c1cc2c(cc1/C(=C\C(C)(C)C)CS(=O)(=O)O)=C(c1cc(CC)ccc1C(=O)OC)c1cc3c(cc1O2)N(C)C(C)(C)C=C3CS(=O)(=O)O.CC.CCC. The van der Waals surface area contributed by atoms with Gasteiger partial charge in [0.1, 0.15) is 23.0 Å². The number of carbonyl (C=O) groups is 1. The minimum Gasteiger partial charge on any atom is -0.465 e. The molecule has 12 heteroatoms. The average Bonchev–Trinajstić information content (AvgIpc) is 3.07. The van der Waals surface area contributed by atoms with E-state index < -0.39 is 48.7 Å². The van der Waals surface area contributed by atoms with Gasteiger partial charge in [0.2, 0.25) is 0 Å². The highest BCUT2D eigenvalue weighted by Gasteiger charge is 2.35. The molecule has 2 aliphatic rings. The van der Waals surface area contributed by atoms with Gasteiger partial charge in [-0.25, -0.2) is 4.79 Å². The van der Waals surface area contributed by atoms with Crippen LogP contribution in [0.3, 0.4) is 0 Å². The maximum Gasteiger partial charge on any atom is 0.338 e. The van der Waals surface area contributed by atoms with Crippen LogP contribution in [0.2, 0.25) is 0 Å². The Kier molecular flexibility index (Phi) is 14.2. The molecule has 0 fully saturated rings. The van der Waals surface area contributed by atoms with Gasteiger partial charge in [0.15, 0.2) is 0 Å². The zero-order chi connectivity index (χ0) is 41.8. The van der Waals surface area contributed by atoms with Crippen LogP contribution in [0.1, 0.15) is 114 Å². The molecule has 55 heavy (non-hydrogen) atoms. The summed E-state index contributed by atoms with van der Waals surface area (Å²) in [4.78, 5) is 15.3. The van der Waals surface area contributed by atoms with Crippen molar-refractivity contribution in [2.24, 2.45) is 5.41 Å². The van der Waals surface area contributed by atoms with E-state index in [4.69, 9.17) is 9.47 Å². The van der Waals surface area contributed by atoms with E-state index in [1.54, 1.807) is 36.4 Å². The van der Waals surface area contributed by atoms with Crippen LogP contribution in [-0.2, 0) is 31.4 Å². The van der Waals surface area contributed by atoms with Crippen LogP contribution in [0, 0.1) is 5.41 Å². The predicted molar refractivity (Wildman–Crippen MR) is 225 cm³/mol. The molecule has 0 aromatic heterocycles. The summed E-state index contributed by atoms with van der Waals surface area (Å²) in [5, 5.41) is 0.967. The van der Waals surface area contributed by atoms with Crippen LogP contribution >= 0.6 is 0 Å². The van der Waals surface area contributed by atoms with Gasteiger partial charge < -0.3 is 14.4 Å². The topological polar surface area (TPSA) is 148 Å². The standard InChI is InChI=1S/C38H43NO9S2.C3H8.C2H6/c1-10-23-11-12-26(36(40)47-9)29(14-23)35-30-15-27(24(18-37(3,4)5)20-49(41,42)43)22(2)13-33(30)48-34-17-32-28(16-31(34)35)25(21-50(44,45)46)19-38(6,7)39(32)8;1-3-2;1-2/h11-19H,2,10,20-21H2,1,3-9H3,(H,41,42,43)(H,44,45,46);3H2,1-2H3;1-2H3/b24-18-;;. The fourth-order valence-electron chi connectivity index (χ4n) is 6.59. The highest BCUT2D eigenvalue weighted by molar-refractivity contribution is 7.86. The van der Waals surface area contributed by atoms with Gasteiger partial charge in [-0.2, -0.15) is 16.8 Å². The van der Waals surface area contributed by atoms with Crippen LogP contribution in [0.15, 0.2) is 54.6 Å².